The van der Waals surface area contributed by atoms with Crippen molar-refractivity contribution in [2.24, 2.45) is 0 Å². The van der Waals surface area contributed by atoms with Crippen molar-refractivity contribution in [2.45, 2.75) is 39.3 Å². The highest BCUT2D eigenvalue weighted by atomic mass is 16.5. The molecular formula is C26H31NO6. The van der Waals surface area contributed by atoms with E-state index in [2.05, 4.69) is 0 Å². The molecule has 2 aromatic rings. The lowest BCUT2D eigenvalue weighted by Crippen LogP contribution is -2.32. The van der Waals surface area contributed by atoms with Crippen LogP contribution in [0.4, 0.5) is 0 Å². The van der Waals surface area contributed by atoms with Crippen LogP contribution in [0.1, 0.15) is 44.4 Å². The van der Waals surface area contributed by atoms with E-state index < -0.39 is 17.7 Å². The summed E-state index contributed by atoms with van der Waals surface area (Å²) in [7, 11) is 1.53. The highest BCUT2D eigenvalue weighted by Crippen LogP contribution is 2.40. The third-order valence-electron chi connectivity index (χ3n) is 5.22. The molecule has 1 aliphatic rings. The van der Waals surface area contributed by atoms with Crippen molar-refractivity contribution >= 4 is 17.4 Å². The van der Waals surface area contributed by atoms with Gasteiger partial charge in [0.2, 0.25) is 0 Å². The molecule has 176 valence electrons. The van der Waals surface area contributed by atoms with Crippen LogP contribution in [0.3, 0.4) is 0 Å². The lowest BCUT2D eigenvalue weighted by molar-refractivity contribution is -0.140. The van der Waals surface area contributed by atoms with E-state index in [4.69, 9.17) is 14.2 Å². The third kappa shape index (κ3) is 5.54. The van der Waals surface area contributed by atoms with Gasteiger partial charge in [-0.05, 0) is 62.2 Å². The van der Waals surface area contributed by atoms with Gasteiger partial charge >= 0.3 is 0 Å². The molecule has 7 heteroatoms. The molecule has 2 aromatic carbocycles. The number of Topliss-reactive ketones (excluding diaryl/α,β-unsaturated/α-hetero) is 1. The van der Waals surface area contributed by atoms with Gasteiger partial charge < -0.3 is 24.2 Å². The number of carbonyl (C=O) groups excluding carboxylic acids is 2. The third-order valence-corrected chi connectivity index (χ3v) is 5.22. The first kappa shape index (κ1) is 24.3. The summed E-state index contributed by atoms with van der Waals surface area (Å²) < 4.78 is 16.6. The van der Waals surface area contributed by atoms with E-state index in [1.807, 2.05) is 39.0 Å². The summed E-state index contributed by atoms with van der Waals surface area (Å²) in [4.78, 5) is 27.4. The molecule has 1 fully saturated rings. The van der Waals surface area contributed by atoms with Gasteiger partial charge in [-0.15, -0.1) is 0 Å². The predicted octanol–water partition coefficient (Wildman–Crippen LogP) is 4.33. The van der Waals surface area contributed by atoms with Crippen LogP contribution in [0.2, 0.25) is 0 Å². The van der Waals surface area contributed by atoms with E-state index >= 15 is 0 Å². The molecule has 1 unspecified atom stereocenters. The fraction of sp³-hybridized carbons (Fsp3) is 0.385. The number of likely N-dealkylation sites (tertiary alicyclic amines) is 1. The Morgan fingerprint density at radius 1 is 1.06 bits per heavy atom. The molecule has 3 rings (SSSR count). The minimum absolute atomic E-state index is 0.0338. The smallest absolute Gasteiger partial charge is 0.295 e. The fourth-order valence-electron chi connectivity index (χ4n) is 3.76. The Bertz CT molecular complexity index is 1010. The number of hydrogen-bond acceptors (Lipinski definition) is 6. The topological polar surface area (TPSA) is 85.3 Å². The number of methoxy groups -OCH3 is 1. The molecule has 1 N–H and O–H groups in total. The maximum atomic E-state index is 13.0. The summed E-state index contributed by atoms with van der Waals surface area (Å²) in [6.07, 6.45) is 0.847. The zero-order chi connectivity index (χ0) is 24.0. The van der Waals surface area contributed by atoms with Crippen LogP contribution in [0.5, 0.6) is 11.5 Å². The van der Waals surface area contributed by atoms with E-state index in [0.717, 1.165) is 6.42 Å². The van der Waals surface area contributed by atoms with Crippen LogP contribution in [0.15, 0.2) is 54.1 Å². The van der Waals surface area contributed by atoms with E-state index in [1.54, 1.807) is 30.3 Å². The minimum Gasteiger partial charge on any atom is -0.507 e. The second-order valence-corrected chi connectivity index (χ2v) is 8.10. The van der Waals surface area contributed by atoms with Crippen LogP contribution in [-0.4, -0.2) is 54.7 Å². The first-order chi connectivity index (χ1) is 15.9. The number of hydrogen-bond donors (Lipinski definition) is 1. The summed E-state index contributed by atoms with van der Waals surface area (Å²) in [5, 5.41) is 11.1. The minimum atomic E-state index is -0.758. The molecule has 33 heavy (non-hydrogen) atoms. The van der Waals surface area contributed by atoms with Crippen molar-refractivity contribution in [2.75, 3.05) is 26.9 Å². The van der Waals surface area contributed by atoms with Crippen molar-refractivity contribution in [1.29, 1.82) is 0 Å². The molecule has 0 aliphatic carbocycles. The summed E-state index contributed by atoms with van der Waals surface area (Å²) in [6, 6.07) is 13.3. The quantitative estimate of drug-likeness (QED) is 0.327. The Kier molecular flexibility index (Phi) is 8.11. The fourth-order valence-corrected chi connectivity index (χ4v) is 3.76. The summed E-state index contributed by atoms with van der Waals surface area (Å²) in [5.74, 6) is -0.330. The van der Waals surface area contributed by atoms with Gasteiger partial charge in [-0.3, -0.25) is 9.59 Å². The molecule has 1 atom stereocenters. The Hall–Kier alpha value is -3.32. The van der Waals surface area contributed by atoms with Crippen LogP contribution in [-0.2, 0) is 14.3 Å². The van der Waals surface area contributed by atoms with Crippen molar-refractivity contribution in [3.05, 3.63) is 65.2 Å². The Balaban J connectivity index is 2.06. The van der Waals surface area contributed by atoms with Gasteiger partial charge in [-0.2, -0.15) is 0 Å². The molecule has 1 aliphatic heterocycles. The number of carbonyl (C=O) groups is 2. The monoisotopic (exact) mass is 453 g/mol. The maximum Gasteiger partial charge on any atom is 0.295 e. The molecule has 1 saturated heterocycles. The molecular weight excluding hydrogens is 422 g/mol. The van der Waals surface area contributed by atoms with E-state index in [1.165, 1.54) is 12.0 Å². The SMILES string of the molecule is CCCOc1ccc(/C(O)=C2/C(=O)C(=O)N(CCOC)C2c2cccc(OC(C)C)c2)cc1. The van der Waals surface area contributed by atoms with Crippen molar-refractivity contribution < 1.29 is 28.9 Å². The van der Waals surface area contributed by atoms with Crippen molar-refractivity contribution in [3.8, 4) is 11.5 Å². The van der Waals surface area contributed by atoms with Gasteiger partial charge in [-0.25, -0.2) is 0 Å². The van der Waals surface area contributed by atoms with Crippen LogP contribution in [0, 0.1) is 0 Å². The van der Waals surface area contributed by atoms with Gasteiger partial charge in [-0.1, -0.05) is 19.1 Å². The number of nitrogens with zero attached hydrogens (tertiary/aromatic N) is 1. The molecule has 0 spiro atoms. The van der Waals surface area contributed by atoms with Gasteiger partial charge in [0, 0.05) is 19.2 Å². The molecule has 0 radical (unpaired) electrons. The molecule has 0 aromatic heterocycles. The highest BCUT2D eigenvalue weighted by molar-refractivity contribution is 6.46. The zero-order valence-corrected chi connectivity index (χ0v) is 19.5. The maximum absolute atomic E-state index is 13.0. The van der Waals surface area contributed by atoms with Gasteiger partial charge in [0.25, 0.3) is 11.7 Å². The van der Waals surface area contributed by atoms with Crippen LogP contribution >= 0.6 is 0 Å². The summed E-state index contributed by atoms with van der Waals surface area (Å²) >= 11 is 0. The lowest BCUT2D eigenvalue weighted by Gasteiger charge is -2.25. The molecule has 1 heterocycles. The van der Waals surface area contributed by atoms with E-state index in [-0.39, 0.29) is 30.6 Å². The van der Waals surface area contributed by atoms with Crippen molar-refractivity contribution in [3.63, 3.8) is 0 Å². The largest absolute Gasteiger partial charge is 0.507 e. The second-order valence-electron chi connectivity index (χ2n) is 8.10. The number of amides is 1. The molecule has 0 saturated carbocycles. The van der Waals surface area contributed by atoms with Crippen molar-refractivity contribution in [1.82, 2.24) is 4.90 Å². The number of rotatable bonds is 10. The number of ketones is 1. The average Bonchev–Trinajstić information content (AvgIpc) is 3.06. The van der Waals surface area contributed by atoms with Gasteiger partial charge in [0.1, 0.15) is 17.3 Å². The average molecular weight is 454 g/mol. The second kappa shape index (κ2) is 11.0. The first-order valence-electron chi connectivity index (χ1n) is 11.1. The number of ether oxygens (including phenoxy) is 3. The van der Waals surface area contributed by atoms with Gasteiger partial charge in [0.15, 0.2) is 0 Å². The normalized spacial score (nSPS) is 17.6. The van der Waals surface area contributed by atoms with Crippen LogP contribution in [0.25, 0.3) is 5.76 Å². The first-order valence-corrected chi connectivity index (χ1v) is 11.1. The summed E-state index contributed by atoms with van der Waals surface area (Å²) in [5.41, 5.74) is 1.15. The predicted molar refractivity (Wildman–Crippen MR) is 125 cm³/mol. The highest BCUT2D eigenvalue weighted by Gasteiger charge is 2.46. The number of aliphatic hydroxyl groups is 1. The summed E-state index contributed by atoms with van der Waals surface area (Å²) in [6.45, 7) is 6.92. The Labute approximate surface area is 194 Å². The lowest BCUT2D eigenvalue weighted by atomic mass is 9.95. The molecule has 7 nitrogen and oxygen atoms in total. The van der Waals surface area contributed by atoms with Crippen LogP contribution < -0.4 is 9.47 Å². The van der Waals surface area contributed by atoms with E-state index in [0.29, 0.717) is 29.2 Å². The van der Waals surface area contributed by atoms with E-state index in [9.17, 15) is 14.7 Å². The standard InChI is InChI=1S/C26H31NO6/c1-5-14-32-20-11-9-18(10-12-20)24(28)22-23(27(13-15-31-4)26(30)25(22)29)19-7-6-8-21(16-19)33-17(2)3/h6-12,16-17,23,28H,5,13-15H2,1-4H3/b24-22-. The Morgan fingerprint density at radius 3 is 2.42 bits per heavy atom. The molecule has 1 amide bonds. The van der Waals surface area contributed by atoms with Gasteiger partial charge in [0.05, 0.1) is 30.9 Å². The number of benzene rings is 2. The Morgan fingerprint density at radius 2 is 1.79 bits per heavy atom. The molecule has 0 bridgehead atoms. The zero-order valence-electron chi connectivity index (χ0n) is 19.5. The number of aliphatic hydroxyl groups excluding tert-OH is 1.